The van der Waals surface area contributed by atoms with Crippen LogP contribution in [-0.2, 0) is 11.3 Å². The highest BCUT2D eigenvalue weighted by molar-refractivity contribution is 5.10. The van der Waals surface area contributed by atoms with Crippen molar-refractivity contribution in [1.29, 1.82) is 0 Å². The van der Waals surface area contributed by atoms with Gasteiger partial charge in [0.15, 0.2) is 0 Å². The average molecular weight is 267 g/mol. The maximum Gasteiger partial charge on any atom is 0.0537 e. The van der Waals surface area contributed by atoms with E-state index in [2.05, 4.69) is 30.5 Å². The van der Waals surface area contributed by atoms with Crippen LogP contribution in [0, 0.1) is 0 Å². The maximum absolute atomic E-state index is 5.42. The normalized spacial score (nSPS) is 12.8. The van der Waals surface area contributed by atoms with Gasteiger partial charge in [-0.25, -0.2) is 0 Å². The fraction of sp³-hybridized carbons (Fsp3) is 0.800. The number of aryl methyl sites for hydroxylation is 1. The van der Waals surface area contributed by atoms with Gasteiger partial charge in [0.1, 0.15) is 0 Å². The highest BCUT2D eigenvalue weighted by atomic mass is 16.5. The van der Waals surface area contributed by atoms with Crippen LogP contribution in [0.5, 0.6) is 0 Å². The number of aromatic nitrogens is 2. The maximum atomic E-state index is 5.42. The lowest BCUT2D eigenvalue weighted by Crippen LogP contribution is -2.22. The van der Waals surface area contributed by atoms with Gasteiger partial charge in [-0.1, -0.05) is 13.8 Å². The van der Waals surface area contributed by atoms with Crippen molar-refractivity contribution in [2.75, 3.05) is 19.8 Å². The highest BCUT2D eigenvalue weighted by Crippen LogP contribution is 2.18. The number of rotatable bonds is 11. The van der Waals surface area contributed by atoms with E-state index in [0.717, 1.165) is 52.0 Å². The van der Waals surface area contributed by atoms with Gasteiger partial charge in [-0.15, -0.1) is 0 Å². The van der Waals surface area contributed by atoms with Crippen molar-refractivity contribution in [3.63, 3.8) is 0 Å². The molecule has 0 saturated carbocycles. The topological polar surface area (TPSA) is 39.1 Å². The summed E-state index contributed by atoms with van der Waals surface area (Å²) >= 11 is 0. The molecule has 0 bridgehead atoms. The summed E-state index contributed by atoms with van der Waals surface area (Å²) in [4.78, 5) is 0. The Morgan fingerprint density at radius 3 is 2.84 bits per heavy atom. The summed E-state index contributed by atoms with van der Waals surface area (Å²) in [5, 5.41) is 8.03. The van der Waals surface area contributed by atoms with E-state index in [4.69, 9.17) is 4.74 Å². The van der Waals surface area contributed by atoms with Crippen molar-refractivity contribution in [2.24, 2.45) is 0 Å². The first kappa shape index (κ1) is 16.2. The second kappa shape index (κ2) is 9.98. The van der Waals surface area contributed by atoms with Crippen molar-refractivity contribution in [1.82, 2.24) is 15.1 Å². The SMILES string of the molecule is CCCNC(CCCOCC)c1cnn(CCC)c1. The zero-order valence-corrected chi connectivity index (χ0v) is 12.7. The minimum atomic E-state index is 0.408. The Bertz CT molecular complexity index is 325. The molecule has 4 heteroatoms. The molecular formula is C15H29N3O. The minimum absolute atomic E-state index is 0.408. The lowest BCUT2D eigenvalue weighted by Gasteiger charge is -2.17. The van der Waals surface area contributed by atoms with Gasteiger partial charge in [0.05, 0.1) is 6.20 Å². The van der Waals surface area contributed by atoms with Gasteiger partial charge in [0.2, 0.25) is 0 Å². The van der Waals surface area contributed by atoms with Crippen LogP contribution in [0.2, 0.25) is 0 Å². The third-order valence-corrected chi connectivity index (χ3v) is 3.13. The minimum Gasteiger partial charge on any atom is -0.382 e. The van der Waals surface area contributed by atoms with Gasteiger partial charge in [-0.3, -0.25) is 4.68 Å². The third kappa shape index (κ3) is 6.21. The van der Waals surface area contributed by atoms with Gasteiger partial charge in [0.25, 0.3) is 0 Å². The summed E-state index contributed by atoms with van der Waals surface area (Å²) in [5.74, 6) is 0. The van der Waals surface area contributed by atoms with Gasteiger partial charge in [-0.2, -0.15) is 5.10 Å². The molecule has 0 aliphatic heterocycles. The van der Waals surface area contributed by atoms with Crippen molar-refractivity contribution in [2.45, 2.75) is 59.0 Å². The van der Waals surface area contributed by atoms with E-state index in [1.807, 2.05) is 17.8 Å². The van der Waals surface area contributed by atoms with Crippen LogP contribution in [0.3, 0.4) is 0 Å². The zero-order chi connectivity index (χ0) is 13.9. The summed E-state index contributed by atoms with van der Waals surface area (Å²) in [6, 6.07) is 0.408. The highest BCUT2D eigenvalue weighted by Gasteiger charge is 2.12. The van der Waals surface area contributed by atoms with E-state index in [-0.39, 0.29) is 0 Å². The van der Waals surface area contributed by atoms with E-state index >= 15 is 0 Å². The standard InChI is InChI=1S/C15H29N3O/c1-4-9-16-15(8-7-11-19-6-3)14-12-17-18(13-14)10-5-2/h12-13,15-16H,4-11H2,1-3H3. The first-order chi connectivity index (χ1) is 9.31. The van der Waals surface area contributed by atoms with E-state index in [1.165, 1.54) is 5.56 Å². The molecule has 0 fully saturated rings. The first-order valence-electron chi connectivity index (χ1n) is 7.65. The van der Waals surface area contributed by atoms with E-state index in [0.29, 0.717) is 6.04 Å². The number of nitrogens with one attached hydrogen (secondary N) is 1. The molecule has 1 aromatic rings. The summed E-state index contributed by atoms with van der Waals surface area (Å²) < 4.78 is 7.46. The molecule has 0 saturated heterocycles. The predicted molar refractivity (Wildman–Crippen MR) is 79.3 cm³/mol. The lowest BCUT2D eigenvalue weighted by atomic mass is 10.1. The monoisotopic (exact) mass is 267 g/mol. The molecule has 1 atom stereocenters. The van der Waals surface area contributed by atoms with E-state index in [9.17, 15) is 0 Å². The van der Waals surface area contributed by atoms with Crippen LogP contribution in [0.4, 0.5) is 0 Å². The van der Waals surface area contributed by atoms with Crippen molar-refractivity contribution in [3.05, 3.63) is 18.0 Å². The molecule has 1 N–H and O–H groups in total. The van der Waals surface area contributed by atoms with E-state index < -0.39 is 0 Å². The van der Waals surface area contributed by atoms with Crippen molar-refractivity contribution >= 4 is 0 Å². The zero-order valence-electron chi connectivity index (χ0n) is 12.7. The van der Waals surface area contributed by atoms with Gasteiger partial charge >= 0.3 is 0 Å². The molecule has 19 heavy (non-hydrogen) atoms. The van der Waals surface area contributed by atoms with Crippen molar-refractivity contribution in [3.8, 4) is 0 Å². The second-order valence-electron chi connectivity index (χ2n) is 4.88. The number of nitrogens with zero attached hydrogens (tertiary/aromatic N) is 2. The fourth-order valence-electron chi connectivity index (χ4n) is 2.15. The van der Waals surface area contributed by atoms with Crippen LogP contribution >= 0.6 is 0 Å². The van der Waals surface area contributed by atoms with Crippen LogP contribution < -0.4 is 5.32 Å². The Balaban J connectivity index is 2.50. The molecule has 1 aromatic heterocycles. The molecule has 0 radical (unpaired) electrons. The number of hydrogen-bond acceptors (Lipinski definition) is 3. The summed E-state index contributed by atoms with van der Waals surface area (Å²) in [6.07, 6.45) is 8.66. The Labute approximate surface area is 117 Å². The Morgan fingerprint density at radius 1 is 1.32 bits per heavy atom. The van der Waals surface area contributed by atoms with E-state index in [1.54, 1.807) is 0 Å². The molecule has 0 aliphatic carbocycles. The molecule has 4 nitrogen and oxygen atoms in total. The number of ether oxygens (including phenoxy) is 1. The van der Waals surface area contributed by atoms with Crippen molar-refractivity contribution < 1.29 is 4.74 Å². The number of hydrogen-bond donors (Lipinski definition) is 1. The van der Waals surface area contributed by atoms with Gasteiger partial charge in [-0.05, 0) is 39.2 Å². The van der Waals surface area contributed by atoms with Crippen LogP contribution in [-0.4, -0.2) is 29.5 Å². The molecule has 1 heterocycles. The molecule has 0 spiro atoms. The largest absolute Gasteiger partial charge is 0.382 e. The Hall–Kier alpha value is -0.870. The van der Waals surface area contributed by atoms with Crippen LogP contribution in [0.25, 0.3) is 0 Å². The summed E-state index contributed by atoms with van der Waals surface area (Å²) in [5.41, 5.74) is 1.30. The molecule has 110 valence electrons. The van der Waals surface area contributed by atoms with Crippen LogP contribution in [0.1, 0.15) is 58.1 Å². The smallest absolute Gasteiger partial charge is 0.0537 e. The fourth-order valence-corrected chi connectivity index (χ4v) is 2.15. The summed E-state index contributed by atoms with van der Waals surface area (Å²) in [7, 11) is 0. The molecule has 0 aliphatic rings. The summed E-state index contributed by atoms with van der Waals surface area (Å²) in [6.45, 7) is 10.1. The van der Waals surface area contributed by atoms with Gasteiger partial charge < -0.3 is 10.1 Å². The molecule has 0 aromatic carbocycles. The second-order valence-corrected chi connectivity index (χ2v) is 4.88. The molecule has 0 amide bonds. The third-order valence-electron chi connectivity index (χ3n) is 3.13. The predicted octanol–water partition coefficient (Wildman–Crippen LogP) is 3.15. The average Bonchev–Trinajstić information content (AvgIpc) is 2.87. The lowest BCUT2D eigenvalue weighted by molar-refractivity contribution is 0.141. The van der Waals surface area contributed by atoms with Gasteiger partial charge in [0, 0.05) is 37.6 Å². The first-order valence-corrected chi connectivity index (χ1v) is 7.65. The Morgan fingerprint density at radius 2 is 2.16 bits per heavy atom. The molecular weight excluding hydrogens is 238 g/mol. The quantitative estimate of drug-likeness (QED) is 0.626. The molecule has 1 unspecified atom stereocenters. The Kier molecular flexibility index (Phi) is 8.50. The molecule has 1 rings (SSSR count). The van der Waals surface area contributed by atoms with Crippen LogP contribution in [0.15, 0.2) is 12.4 Å².